The van der Waals surface area contributed by atoms with Crippen LogP contribution in [0.4, 0.5) is 17.6 Å². The summed E-state index contributed by atoms with van der Waals surface area (Å²) in [4.78, 5) is 11.9. The number of halogens is 4. The minimum absolute atomic E-state index is 0.0578. The summed E-state index contributed by atoms with van der Waals surface area (Å²) in [5, 5.41) is 2.00. The minimum atomic E-state index is -4.58. The number of nitrogens with one attached hydrogen (secondary N) is 1. The van der Waals surface area contributed by atoms with Gasteiger partial charge in [-0.25, -0.2) is 9.18 Å². The average Bonchev–Trinajstić information content (AvgIpc) is 2.42. The molecule has 0 radical (unpaired) electrons. The van der Waals surface area contributed by atoms with Crippen molar-refractivity contribution in [1.82, 2.24) is 5.32 Å². The van der Waals surface area contributed by atoms with Gasteiger partial charge in [0.15, 0.2) is 0 Å². The van der Waals surface area contributed by atoms with Gasteiger partial charge in [0.05, 0.1) is 26.3 Å². The molecule has 0 saturated carbocycles. The summed E-state index contributed by atoms with van der Waals surface area (Å²) in [5.41, 5.74) is -2.38. The highest BCUT2D eigenvalue weighted by atomic mass is 19.4. The number of esters is 1. The number of ether oxygens (including phenoxy) is 2. The van der Waals surface area contributed by atoms with Gasteiger partial charge in [0.25, 0.3) is 0 Å². The number of hydrogen-bond acceptors (Lipinski definition) is 4. The molecule has 1 aromatic carbocycles. The Morgan fingerprint density at radius 3 is 2.38 bits per heavy atom. The van der Waals surface area contributed by atoms with E-state index in [0.29, 0.717) is 0 Å². The predicted octanol–water partition coefficient (Wildman–Crippen LogP) is 2.37. The molecule has 0 spiro atoms. The Morgan fingerprint density at radius 1 is 1.29 bits per heavy atom. The van der Waals surface area contributed by atoms with Crippen LogP contribution in [0.3, 0.4) is 0 Å². The van der Waals surface area contributed by atoms with E-state index in [9.17, 15) is 22.4 Å². The Morgan fingerprint density at radius 2 is 1.90 bits per heavy atom. The summed E-state index contributed by atoms with van der Waals surface area (Å²) in [6, 6.07) is 3.68. The van der Waals surface area contributed by atoms with E-state index >= 15 is 0 Å². The van der Waals surface area contributed by atoms with E-state index in [0.717, 1.165) is 20.1 Å². The maximum absolute atomic E-state index is 14.0. The van der Waals surface area contributed by atoms with Gasteiger partial charge in [-0.2, -0.15) is 13.2 Å². The molecule has 0 saturated heterocycles. The van der Waals surface area contributed by atoms with E-state index < -0.39 is 30.0 Å². The summed E-state index contributed by atoms with van der Waals surface area (Å²) < 4.78 is 60.7. The lowest BCUT2D eigenvalue weighted by molar-refractivity contribution is -0.153. The van der Waals surface area contributed by atoms with Crippen LogP contribution in [-0.2, 0) is 15.1 Å². The number of methoxy groups -OCH3 is 2. The van der Waals surface area contributed by atoms with Crippen LogP contribution in [0.25, 0.3) is 0 Å². The lowest BCUT2D eigenvalue weighted by Crippen LogP contribution is -2.51. The molecular weight excluding hydrogens is 294 g/mol. The molecule has 0 fully saturated rings. The summed E-state index contributed by atoms with van der Waals surface area (Å²) >= 11 is 0. The van der Waals surface area contributed by atoms with E-state index in [1.165, 1.54) is 19.2 Å². The van der Waals surface area contributed by atoms with Gasteiger partial charge in [-0.1, -0.05) is 6.07 Å². The lowest BCUT2D eigenvalue weighted by Gasteiger charge is -2.30. The van der Waals surface area contributed by atoms with Crippen LogP contribution in [-0.4, -0.2) is 32.9 Å². The third-order valence-corrected chi connectivity index (χ3v) is 2.93. The molecular formula is C13H15F4NO3. The molecule has 0 aliphatic heterocycles. The van der Waals surface area contributed by atoms with Crippen molar-refractivity contribution in [2.24, 2.45) is 0 Å². The molecule has 1 rings (SSSR count). The second-order valence-electron chi connectivity index (χ2n) is 4.40. The van der Waals surface area contributed by atoms with Crippen molar-refractivity contribution in [1.29, 1.82) is 0 Å². The van der Waals surface area contributed by atoms with Crippen molar-refractivity contribution in [3.8, 4) is 5.75 Å². The highest BCUT2D eigenvalue weighted by Crippen LogP contribution is 2.34. The molecule has 1 N–H and O–H groups in total. The van der Waals surface area contributed by atoms with Crippen molar-refractivity contribution >= 4 is 5.97 Å². The second kappa shape index (κ2) is 6.30. The molecule has 0 aliphatic rings. The fourth-order valence-corrected chi connectivity index (χ4v) is 1.90. The van der Waals surface area contributed by atoms with E-state index in [4.69, 9.17) is 4.74 Å². The highest BCUT2D eigenvalue weighted by molar-refractivity contribution is 5.83. The van der Waals surface area contributed by atoms with Crippen LogP contribution >= 0.6 is 0 Å². The number of rotatable bonds is 5. The van der Waals surface area contributed by atoms with Crippen molar-refractivity contribution in [2.75, 3.05) is 20.8 Å². The third kappa shape index (κ3) is 3.84. The Balaban J connectivity index is 3.35. The zero-order valence-corrected chi connectivity index (χ0v) is 11.7. The molecule has 21 heavy (non-hydrogen) atoms. The zero-order valence-electron chi connectivity index (χ0n) is 11.7. The van der Waals surface area contributed by atoms with Gasteiger partial charge in [0.1, 0.15) is 17.1 Å². The summed E-state index contributed by atoms with van der Waals surface area (Å²) in [6.07, 6.45) is -4.58. The van der Waals surface area contributed by atoms with E-state index in [1.807, 2.05) is 5.32 Å². The van der Waals surface area contributed by atoms with E-state index in [1.54, 1.807) is 0 Å². The lowest BCUT2D eigenvalue weighted by atomic mass is 9.90. The zero-order chi connectivity index (χ0) is 16.3. The molecule has 1 aromatic rings. The maximum atomic E-state index is 14.0. The summed E-state index contributed by atoms with van der Waals surface area (Å²) in [6.45, 7) is -0.387. The number of hydrogen-bond donors (Lipinski definition) is 1. The topological polar surface area (TPSA) is 47.6 Å². The Labute approximate surface area is 119 Å². The molecule has 4 nitrogen and oxygen atoms in total. The molecule has 1 atom stereocenters. The number of benzene rings is 1. The van der Waals surface area contributed by atoms with Gasteiger partial charge in [0.2, 0.25) is 0 Å². The first-order chi connectivity index (χ1) is 9.65. The van der Waals surface area contributed by atoms with Crippen molar-refractivity contribution in [2.45, 2.75) is 18.6 Å². The summed E-state index contributed by atoms with van der Waals surface area (Å²) in [7, 11) is 2.23. The van der Waals surface area contributed by atoms with Crippen LogP contribution in [0.1, 0.15) is 12.5 Å². The first-order valence-electron chi connectivity index (χ1n) is 5.89. The molecule has 0 amide bonds. The molecule has 0 aliphatic carbocycles. The van der Waals surface area contributed by atoms with Crippen LogP contribution in [0, 0.1) is 5.82 Å². The van der Waals surface area contributed by atoms with E-state index in [-0.39, 0.29) is 11.3 Å². The molecule has 0 aromatic heterocycles. The van der Waals surface area contributed by atoms with Gasteiger partial charge in [-0.15, -0.1) is 0 Å². The summed E-state index contributed by atoms with van der Waals surface area (Å²) in [5.74, 6) is -2.00. The first-order valence-corrected chi connectivity index (χ1v) is 5.89. The van der Waals surface area contributed by atoms with Crippen LogP contribution in [0.15, 0.2) is 18.2 Å². The highest BCUT2D eigenvalue weighted by Gasteiger charge is 2.43. The van der Waals surface area contributed by atoms with Crippen molar-refractivity contribution in [3.63, 3.8) is 0 Å². The SMILES string of the molecule is COC(=O)C(C)(NCC(F)(F)F)c1c(F)cccc1OC. The van der Waals surface area contributed by atoms with Crippen LogP contribution < -0.4 is 10.1 Å². The van der Waals surface area contributed by atoms with Crippen LogP contribution in [0.2, 0.25) is 0 Å². The Hall–Kier alpha value is -1.83. The van der Waals surface area contributed by atoms with Gasteiger partial charge in [-0.3, -0.25) is 5.32 Å². The van der Waals surface area contributed by atoms with Gasteiger partial charge in [0, 0.05) is 0 Å². The normalized spacial score (nSPS) is 14.4. The molecule has 1 unspecified atom stereocenters. The first kappa shape index (κ1) is 17.2. The fourth-order valence-electron chi connectivity index (χ4n) is 1.90. The second-order valence-corrected chi connectivity index (χ2v) is 4.40. The molecule has 118 valence electrons. The van der Waals surface area contributed by atoms with E-state index in [2.05, 4.69) is 4.74 Å². The third-order valence-electron chi connectivity index (χ3n) is 2.93. The molecule has 0 heterocycles. The Kier molecular flexibility index (Phi) is 5.16. The Bertz CT molecular complexity index is 519. The largest absolute Gasteiger partial charge is 0.496 e. The average molecular weight is 309 g/mol. The maximum Gasteiger partial charge on any atom is 0.401 e. The predicted molar refractivity (Wildman–Crippen MR) is 66.4 cm³/mol. The molecule has 0 bridgehead atoms. The monoisotopic (exact) mass is 309 g/mol. The number of carbonyl (C=O) groups excluding carboxylic acids is 1. The number of carbonyl (C=O) groups is 1. The standard InChI is InChI=1S/C13H15F4NO3/c1-12(11(19)21-3,18-7-13(15,16)17)10-8(14)5-4-6-9(10)20-2/h4-6,18H,7H2,1-3H3. The fraction of sp³-hybridized carbons (Fsp3) is 0.462. The smallest absolute Gasteiger partial charge is 0.401 e. The minimum Gasteiger partial charge on any atom is -0.496 e. The van der Waals surface area contributed by atoms with Crippen molar-refractivity contribution in [3.05, 3.63) is 29.6 Å². The quantitative estimate of drug-likeness (QED) is 0.670. The van der Waals surface area contributed by atoms with Crippen LogP contribution in [0.5, 0.6) is 5.75 Å². The molecule has 8 heteroatoms. The van der Waals surface area contributed by atoms with Crippen molar-refractivity contribution < 1.29 is 31.8 Å². The van der Waals surface area contributed by atoms with Gasteiger partial charge in [-0.05, 0) is 19.1 Å². The van der Waals surface area contributed by atoms with Gasteiger partial charge < -0.3 is 9.47 Å². The number of alkyl halides is 3. The van der Waals surface area contributed by atoms with Gasteiger partial charge >= 0.3 is 12.1 Å².